The number of nitrogens with zero attached hydrogens (tertiary/aromatic N) is 2. The molecule has 1 aliphatic rings. The van der Waals surface area contributed by atoms with E-state index in [2.05, 4.69) is 19.0 Å². The van der Waals surface area contributed by atoms with Gasteiger partial charge in [-0.25, -0.2) is 12.7 Å². The van der Waals surface area contributed by atoms with E-state index in [0.717, 1.165) is 19.4 Å². The lowest BCUT2D eigenvalue weighted by atomic mass is 9.94. The van der Waals surface area contributed by atoms with E-state index < -0.39 is 10.0 Å². The fourth-order valence-electron chi connectivity index (χ4n) is 2.10. The summed E-state index contributed by atoms with van der Waals surface area (Å²) in [5.41, 5.74) is 0. The summed E-state index contributed by atoms with van der Waals surface area (Å²) in [4.78, 5) is 2.19. The molecule has 0 bridgehead atoms. The van der Waals surface area contributed by atoms with Gasteiger partial charge in [-0.15, -0.1) is 0 Å². The Bertz CT molecular complexity index is 293. The van der Waals surface area contributed by atoms with Crippen molar-refractivity contribution in [2.75, 3.05) is 39.5 Å². The summed E-state index contributed by atoms with van der Waals surface area (Å²) >= 11 is 0. The van der Waals surface area contributed by atoms with Gasteiger partial charge < -0.3 is 4.90 Å². The van der Waals surface area contributed by atoms with E-state index in [1.165, 1.54) is 6.42 Å². The van der Waals surface area contributed by atoms with Crippen molar-refractivity contribution in [3.05, 3.63) is 0 Å². The molecule has 0 N–H and O–H groups in total. The van der Waals surface area contributed by atoms with Crippen LogP contribution in [0.4, 0.5) is 0 Å². The van der Waals surface area contributed by atoms with Crippen LogP contribution in [0.3, 0.4) is 0 Å². The normalized spacial score (nSPS) is 20.5. The molecular formula is C11H24N2O2S. The Balaban J connectivity index is 2.34. The third-order valence-corrected chi connectivity index (χ3v) is 5.20. The van der Waals surface area contributed by atoms with Crippen LogP contribution in [0.5, 0.6) is 0 Å². The van der Waals surface area contributed by atoms with Crippen LogP contribution in [0, 0.1) is 5.92 Å². The van der Waals surface area contributed by atoms with E-state index in [9.17, 15) is 8.42 Å². The van der Waals surface area contributed by atoms with Gasteiger partial charge in [0, 0.05) is 13.1 Å². The summed E-state index contributed by atoms with van der Waals surface area (Å²) in [5.74, 6) is 0.931. The number of hydrogen-bond donors (Lipinski definition) is 0. The molecule has 0 aliphatic carbocycles. The Morgan fingerprint density at radius 2 is 1.81 bits per heavy atom. The zero-order valence-electron chi connectivity index (χ0n) is 10.6. The Morgan fingerprint density at radius 1 is 1.25 bits per heavy atom. The van der Waals surface area contributed by atoms with Crippen LogP contribution < -0.4 is 0 Å². The minimum atomic E-state index is -2.95. The van der Waals surface area contributed by atoms with Gasteiger partial charge >= 0.3 is 0 Å². The highest BCUT2D eigenvalue weighted by Gasteiger charge is 2.26. The minimum Gasteiger partial charge on any atom is -0.309 e. The largest absolute Gasteiger partial charge is 0.309 e. The maximum atomic E-state index is 11.6. The van der Waals surface area contributed by atoms with Gasteiger partial charge in [-0.1, -0.05) is 0 Å². The fraction of sp³-hybridized carbons (Fsp3) is 1.00. The highest BCUT2D eigenvalue weighted by molar-refractivity contribution is 7.89. The predicted molar refractivity (Wildman–Crippen MR) is 66.9 cm³/mol. The van der Waals surface area contributed by atoms with E-state index in [1.54, 1.807) is 11.2 Å². The Hall–Kier alpha value is -0.130. The first-order chi connectivity index (χ1) is 7.45. The van der Waals surface area contributed by atoms with Gasteiger partial charge in [0.25, 0.3) is 0 Å². The second-order valence-corrected chi connectivity index (χ2v) is 7.09. The molecule has 0 aromatic heterocycles. The SMILES string of the molecule is CCS(=O)(=O)N1CCC(CCN(C)C)CC1. The first-order valence-corrected chi connectivity index (χ1v) is 7.69. The zero-order chi connectivity index (χ0) is 12.2. The molecule has 0 atom stereocenters. The molecule has 1 heterocycles. The maximum Gasteiger partial charge on any atom is 0.213 e. The van der Waals surface area contributed by atoms with E-state index >= 15 is 0 Å². The fourth-order valence-corrected chi connectivity index (χ4v) is 3.23. The van der Waals surface area contributed by atoms with Crippen molar-refractivity contribution < 1.29 is 8.42 Å². The molecule has 16 heavy (non-hydrogen) atoms. The standard InChI is InChI=1S/C11H24N2O2S/c1-4-16(14,15)13-9-6-11(7-10-13)5-8-12(2)3/h11H,4-10H2,1-3H3. The van der Waals surface area contributed by atoms with Crippen LogP contribution in [0.1, 0.15) is 26.2 Å². The number of sulfonamides is 1. The first-order valence-electron chi connectivity index (χ1n) is 6.08. The van der Waals surface area contributed by atoms with E-state index in [1.807, 2.05) is 0 Å². The molecule has 0 aromatic carbocycles. The molecule has 0 saturated carbocycles. The monoisotopic (exact) mass is 248 g/mol. The molecule has 1 fully saturated rings. The smallest absolute Gasteiger partial charge is 0.213 e. The lowest BCUT2D eigenvalue weighted by Crippen LogP contribution is -2.39. The van der Waals surface area contributed by atoms with Crippen molar-refractivity contribution in [1.29, 1.82) is 0 Å². The molecule has 0 spiro atoms. The van der Waals surface area contributed by atoms with E-state index in [-0.39, 0.29) is 5.75 Å². The van der Waals surface area contributed by atoms with Gasteiger partial charge in [0.15, 0.2) is 0 Å². The second-order valence-electron chi connectivity index (χ2n) is 4.83. The summed E-state index contributed by atoms with van der Waals surface area (Å²) in [6.07, 6.45) is 3.23. The van der Waals surface area contributed by atoms with E-state index in [0.29, 0.717) is 19.0 Å². The van der Waals surface area contributed by atoms with Gasteiger partial charge in [0.05, 0.1) is 5.75 Å². The molecule has 0 radical (unpaired) electrons. The van der Waals surface area contributed by atoms with Crippen molar-refractivity contribution in [3.8, 4) is 0 Å². The maximum absolute atomic E-state index is 11.6. The van der Waals surface area contributed by atoms with Gasteiger partial charge in [0.1, 0.15) is 0 Å². The molecule has 1 aliphatic heterocycles. The van der Waals surface area contributed by atoms with Gasteiger partial charge in [-0.05, 0) is 52.7 Å². The van der Waals surface area contributed by atoms with Crippen molar-refractivity contribution in [2.24, 2.45) is 5.92 Å². The molecular weight excluding hydrogens is 224 g/mol. The molecule has 4 nitrogen and oxygen atoms in total. The average Bonchev–Trinajstić information content (AvgIpc) is 2.27. The third-order valence-electron chi connectivity index (χ3n) is 3.32. The summed E-state index contributed by atoms with van der Waals surface area (Å²) in [5, 5.41) is 0. The Kier molecular flexibility index (Phi) is 5.21. The summed E-state index contributed by atoms with van der Waals surface area (Å²) in [6, 6.07) is 0. The molecule has 0 amide bonds. The number of piperidine rings is 1. The number of rotatable bonds is 5. The van der Waals surface area contributed by atoms with Gasteiger partial charge in [-0.2, -0.15) is 0 Å². The highest BCUT2D eigenvalue weighted by atomic mass is 32.2. The van der Waals surface area contributed by atoms with Crippen molar-refractivity contribution in [1.82, 2.24) is 9.21 Å². The van der Waals surface area contributed by atoms with Crippen LogP contribution >= 0.6 is 0 Å². The average molecular weight is 248 g/mol. The lowest BCUT2D eigenvalue weighted by Gasteiger charge is -2.31. The quantitative estimate of drug-likeness (QED) is 0.729. The molecule has 5 heteroatoms. The number of hydrogen-bond acceptors (Lipinski definition) is 3. The lowest BCUT2D eigenvalue weighted by molar-refractivity contribution is 0.244. The topological polar surface area (TPSA) is 40.6 Å². The first kappa shape index (κ1) is 13.9. The summed E-state index contributed by atoms with van der Waals surface area (Å²) in [6.45, 7) is 4.25. The van der Waals surface area contributed by atoms with Crippen LogP contribution in [0.15, 0.2) is 0 Å². The van der Waals surface area contributed by atoms with Crippen LogP contribution in [0.2, 0.25) is 0 Å². The zero-order valence-corrected chi connectivity index (χ0v) is 11.5. The van der Waals surface area contributed by atoms with Crippen LogP contribution in [-0.2, 0) is 10.0 Å². The van der Waals surface area contributed by atoms with Crippen molar-refractivity contribution >= 4 is 10.0 Å². The molecule has 96 valence electrons. The Labute approximate surface area is 99.7 Å². The molecule has 0 aromatic rings. The highest BCUT2D eigenvalue weighted by Crippen LogP contribution is 2.22. The van der Waals surface area contributed by atoms with Crippen LogP contribution in [-0.4, -0.2) is 57.1 Å². The second kappa shape index (κ2) is 5.98. The van der Waals surface area contributed by atoms with Gasteiger partial charge in [0.2, 0.25) is 10.0 Å². The molecule has 1 saturated heterocycles. The Morgan fingerprint density at radius 3 is 2.25 bits per heavy atom. The summed E-state index contributed by atoms with van der Waals surface area (Å²) < 4.78 is 24.9. The molecule has 1 rings (SSSR count). The van der Waals surface area contributed by atoms with E-state index in [4.69, 9.17) is 0 Å². The third kappa shape index (κ3) is 4.03. The van der Waals surface area contributed by atoms with Crippen molar-refractivity contribution in [3.63, 3.8) is 0 Å². The van der Waals surface area contributed by atoms with Crippen molar-refractivity contribution in [2.45, 2.75) is 26.2 Å². The van der Waals surface area contributed by atoms with Crippen LogP contribution in [0.25, 0.3) is 0 Å². The summed E-state index contributed by atoms with van der Waals surface area (Å²) in [7, 11) is 1.21. The predicted octanol–water partition coefficient (Wildman–Crippen LogP) is 1.000. The van der Waals surface area contributed by atoms with Gasteiger partial charge in [-0.3, -0.25) is 0 Å². The molecule has 0 unspecified atom stereocenters. The minimum absolute atomic E-state index is 0.232.